The predicted octanol–water partition coefficient (Wildman–Crippen LogP) is 5.55. The van der Waals surface area contributed by atoms with Crippen molar-refractivity contribution in [3.8, 4) is 17.2 Å². The summed E-state index contributed by atoms with van der Waals surface area (Å²) in [5, 5.41) is 4.55. The summed E-state index contributed by atoms with van der Waals surface area (Å²) in [6.45, 7) is 9.75. The van der Waals surface area contributed by atoms with Crippen LogP contribution in [0.5, 0.6) is 17.2 Å². The Balaban J connectivity index is 2.24. The summed E-state index contributed by atoms with van der Waals surface area (Å²) < 4.78 is 17.1. The van der Waals surface area contributed by atoms with E-state index in [0.717, 1.165) is 35.8 Å². The lowest BCUT2D eigenvalue weighted by molar-refractivity contribution is 0.196. The zero-order valence-electron chi connectivity index (χ0n) is 16.8. The fourth-order valence-corrected chi connectivity index (χ4v) is 2.97. The van der Waals surface area contributed by atoms with Gasteiger partial charge in [-0.25, -0.2) is 4.79 Å². The van der Waals surface area contributed by atoms with E-state index in [1.807, 2.05) is 38.1 Å². The number of fused-ring (bicyclic) bond motifs is 1. The largest absolute Gasteiger partial charge is 0.493 e. The second-order valence-electron chi connectivity index (χ2n) is 6.63. The van der Waals surface area contributed by atoms with Gasteiger partial charge in [-0.3, -0.25) is 0 Å². The summed E-state index contributed by atoms with van der Waals surface area (Å²) in [6.07, 6.45) is 2.95. The van der Waals surface area contributed by atoms with E-state index in [0.29, 0.717) is 37.2 Å². The van der Waals surface area contributed by atoms with Crippen LogP contribution in [-0.2, 0) is 0 Å². The van der Waals surface area contributed by atoms with Crippen molar-refractivity contribution in [3.05, 3.63) is 30.3 Å². The minimum absolute atomic E-state index is 0.418. The van der Waals surface area contributed by atoms with Gasteiger partial charge in [-0.05, 0) is 26.2 Å². The molecule has 0 radical (unpaired) electrons. The third kappa shape index (κ3) is 5.78. The van der Waals surface area contributed by atoms with Crippen molar-refractivity contribution in [2.24, 2.45) is 5.92 Å². The van der Waals surface area contributed by atoms with Gasteiger partial charge in [-0.1, -0.05) is 51.0 Å². The first-order valence-corrected chi connectivity index (χ1v) is 9.87. The molecule has 0 saturated carbocycles. The molecule has 0 aliphatic carbocycles. The topological polar surface area (TPSA) is 56.8 Å². The van der Waals surface area contributed by atoms with Crippen molar-refractivity contribution >= 4 is 16.9 Å². The number of carbonyl (C=O) groups is 1. The number of hydrogen-bond acceptors (Lipinski definition) is 4. The summed E-state index contributed by atoms with van der Waals surface area (Å²) >= 11 is 0. The summed E-state index contributed by atoms with van der Waals surface area (Å²) in [6, 6.07) is 9.50. The molecular weight excluding hydrogens is 342 g/mol. The summed E-state index contributed by atoms with van der Waals surface area (Å²) in [5.41, 5.74) is 0. The van der Waals surface area contributed by atoms with Crippen molar-refractivity contribution in [2.75, 3.05) is 19.8 Å². The number of amides is 1. The van der Waals surface area contributed by atoms with Gasteiger partial charge in [0.2, 0.25) is 0 Å². The SMILES string of the molecule is CCCCC(C)CNC(=O)Oc1c(OCC)cc(OCC)c2ccccc12. The molecule has 0 aliphatic rings. The summed E-state index contributed by atoms with van der Waals surface area (Å²) in [5.74, 6) is 2.07. The zero-order valence-corrected chi connectivity index (χ0v) is 16.8. The minimum atomic E-state index is -0.464. The lowest BCUT2D eigenvalue weighted by Gasteiger charge is -2.17. The van der Waals surface area contributed by atoms with Crippen LogP contribution in [0.25, 0.3) is 10.8 Å². The third-order valence-electron chi connectivity index (χ3n) is 4.36. The number of ether oxygens (including phenoxy) is 3. The Morgan fingerprint density at radius 3 is 2.37 bits per heavy atom. The van der Waals surface area contributed by atoms with Crippen molar-refractivity contribution in [1.29, 1.82) is 0 Å². The highest BCUT2D eigenvalue weighted by atomic mass is 16.6. The smallest absolute Gasteiger partial charge is 0.412 e. The Bertz CT molecular complexity index is 744. The van der Waals surface area contributed by atoms with E-state index in [1.54, 1.807) is 6.07 Å². The van der Waals surface area contributed by atoms with Crippen LogP contribution in [-0.4, -0.2) is 25.9 Å². The highest BCUT2D eigenvalue weighted by molar-refractivity contribution is 5.97. The molecule has 0 aromatic heterocycles. The standard InChI is InChI=1S/C22H31NO4/c1-5-8-11-16(4)15-23-22(24)27-21-18-13-10-9-12-17(18)19(25-6-2)14-20(21)26-7-3/h9-10,12-14,16H,5-8,11,15H2,1-4H3,(H,23,24). The van der Waals surface area contributed by atoms with Crippen LogP contribution < -0.4 is 19.5 Å². The Morgan fingerprint density at radius 2 is 1.70 bits per heavy atom. The second kappa shape index (κ2) is 10.7. The molecular formula is C22H31NO4. The van der Waals surface area contributed by atoms with Crippen molar-refractivity contribution in [3.63, 3.8) is 0 Å². The maximum absolute atomic E-state index is 12.4. The molecule has 1 unspecified atom stereocenters. The molecule has 0 fully saturated rings. The lowest BCUT2D eigenvalue weighted by atomic mass is 10.1. The molecule has 1 atom stereocenters. The average Bonchev–Trinajstić information content (AvgIpc) is 2.67. The first-order valence-electron chi connectivity index (χ1n) is 9.87. The maximum Gasteiger partial charge on any atom is 0.412 e. The number of hydrogen-bond donors (Lipinski definition) is 1. The van der Waals surface area contributed by atoms with Gasteiger partial charge in [0.05, 0.1) is 13.2 Å². The van der Waals surface area contributed by atoms with E-state index in [1.165, 1.54) is 0 Å². The van der Waals surface area contributed by atoms with Gasteiger partial charge in [-0.2, -0.15) is 0 Å². The molecule has 2 aromatic rings. The number of unbranched alkanes of at least 4 members (excludes halogenated alkanes) is 1. The second-order valence-corrected chi connectivity index (χ2v) is 6.63. The molecule has 148 valence electrons. The molecule has 0 saturated heterocycles. The quantitative estimate of drug-likeness (QED) is 0.593. The fraction of sp³-hybridized carbons (Fsp3) is 0.500. The molecule has 0 heterocycles. The van der Waals surface area contributed by atoms with Gasteiger partial charge >= 0.3 is 6.09 Å². The summed E-state index contributed by atoms with van der Waals surface area (Å²) in [7, 11) is 0. The molecule has 2 rings (SSSR count). The fourth-order valence-electron chi connectivity index (χ4n) is 2.97. The van der Waals surface area contributed by atoms with Crippen LogP contribution in [0.15, 0.2) is 30.3 Å². The minimum Gasteiger partial charge on any atom is -0.493 e. The zero-order chi connectivity index (χ0) is 19.6. The van der Waals surface area contributed by atoms with Crippen LogP contribution in [0.4, 0.5) is 4.79 Å². The first kappa shape index (κ1) is 20.9. The molecule has 0 bridgehead atoms. The average molecular weight is 373 g/mol. The van der Waals surface area contributed by atoms with E-state index in [9.17, 15) is 4.79 Å². The Labute approximate surface area is 162 Å². The first-order chi connectivity index (χ1) is 13.1. The van der Waals surface area contributed by atoms with Gasteiger partial charge in [0.15, 0.2) is 11.5 Å². The number of nitrogens with one attached hydrogen (secondary N) is 1. The van der Waals surface area contributed by atoms with Gasteiger partial charge in [-0.15, -0.1) is 0 Å². The number of carbonyl (C=O) groups excluding carboxylic acids is 1. The number of rotatable bonds is 10. The van der Waals surface area contributed by atoms with Crippen LogP contribution >= 0.6 is 0 Å². The Morgan fingerprint density at radius 1 is 1.04 bits per heavy atom. The van der Waals surface area contributed by atoms with E-state index in [4.69, 9.17) is 14.2 Å². The van der Waals surface area contributed by atoms with Gasteiger partial charge in [0.1, 0.15) is 5.75 Å². The van der Waals surface area contributed by atoms with E-state index < -0.39 is 6.09 Å². The lowest BCUT2D eigenvalue weighted by Crippen LogP contribution is -2.31. The maximum atomic E-state index is 12.4. The summed E-state index contributed by atoms with van der Waals surface area (Å²) in [4.78, 5) is 12.4. The number of benzene rings is 2. The Kier molecular flexibility index (Phi) is 8.24. The van der Waals surface area contributed by atoms with E-state index >= 15 is 0 Å². The molecule has 0 aliphatic heterocycles. The highest BCUT2D eigenvalue weighted by Crippen LogP contribution is 2.41. The van der Waals surface area contributed by atoms with Gasteiger partial charge in [0, 0.05) is 23.4 Å². The molecule has 5 heteroatoms. The van der Waals surface area contributed by atoms with Crippen LogP contribution in [0, 0.1) is 5.92 Å². The van der Waals surface area contributed by atoms with E-state index in [-0.39, 0.29) is 0 Å². The van der Waals surface area contributed by atoms with Crippen molar-refractivity contribution in [2.45, 2.75) is 47.0 Å². The van der Waals surface area contributed by atoms with Gasteiger partial charge < -0.3 is 19.5 Å². The van der Waals surface area contributed by atoms with Crippen LogP contribution in [0.3, 0.4) is 0 Å². The molecule has 0 spiro atoms. The van der Waals surface area contributed by atoms with Gasteiger partial charge in [0.25, 0.3) is 0 Å². The molecule has 2 aromatic carbocycles. The molecule has 1 N–H and O–H groups in total. The molecule has 27 heavy (non-hydrogen) atoms. The molecule has 1 amide bonds. The molecule has 5 nitrogen and oxygen atoms in total. The third-order valence-corrected chi connectivity index (χ3v) is 4.36. The predicted molar refractivity (Wildman–Crippen MR) is 109 cm³/mol. The van der Waals surface area contributed by atoms with E-state index in [2.05, 4.69) is 19.2 Å². The normalized spacial score (nSPS) is 11.9. The monoisotopic (exact) mass is 373 g/mol. The highest BCUT2D eigenvalue weighted by Gasteiger charge is 2.18. The van der Waals surface area contributed by atoms with Crippen molar-refractivity contribution in [1.82, 2.24) is 5.32 Å². The Hall–Kier alpha value is -2.43. The van der Waals surface area contributed by atoms with Crippen molar-refractivity contribution < 1.29 is 19.0 Å². The van der Waals surface area contributed by atoms with Crippen LogP contribution in [0.1, 0.15) is 47.0 Å². The van der Waals surface area contributed by atoms with Crippen LogP contribution in [0.2, 0.25) is 0 Å².